The fourth-order valence-corrected chi connectivity index (χ4v) is 3.09. The summed E-state index contributed by atoms with van der Waals surface area (Å²) >= 11 is 0. The van der Waals surface area contributed by atoms with Gasteiger partial charge < -0.3 is 24.3 Å². The van der Waals surface area contributed by atoms with Crippen LogP contribution in [0.5, 0.6) is 23.0 Å². The Hall–Kier alpha value is -3.67. The van der Waals surface area contributed by atoms with Gasteiger partial charge in [0.25, 0.3) is 5.91 Å². The number of carbonyl (C=O) groups is 1. The van der Waals surface area contributed by atoms with Crippen molar-refractivity contribution in [3.63, 3.8) is 0 Å². The van der Waals surface area contributed by atoms with Crippen molar-refractivity contribution < 1.29 is 23.7 Å². The van der Waals surface area contributed by atoms with Crippen LogP contribution in [0.1, 0.15) is 10.4 Å². The van der Waals surface area contributed by atoms with Gasteiger partial charge in [-0.2, -0.15) is 0 Å². The highest BCUT2D eigenvalue weighted by atomic mass is 16.5. The number of nitrogens with one attached hydrogen (secondary N) is 1. The van der Waals surface area contributed by atoms with E-state index in [0.29, 0.717) is 36.0 Å². The summed E-state index contributed by atoms with van der Waals surface area (Å²) in [7, 11) is 4.54. The van der Waals surface area contributed by atoms with Crippen LogP contribution in [0.25, 0.3) is 11.1 Å². The maximum Gasteiger partial charge on any atom is 0.251 e. The van der Waals surface area contributed by atoms with E-state index in [2.05, 4.69) is 5.32 Å². The largest absolute Gasteiger partial charge is 0.493 e. The second-order valence-corrected chi connectivity index (χ2v) is 6.38. The van der Waals surface area contributed by atoms with Crippen molar-refractivity contribution in [2.24, 2.45) is 0 Å². The Kier molecular flexibility index (Phi) is 7.16. The van der Waals surface area contributed by atoms with Crippen LogP contribution in [0.15, 0.2) is 66.7 Å². The van der Waals surface area contributed by atoms with Crippen LogP contribution in [0, 0.1) is 0 Å². The summed E-state index contributed by atoms with van der Waals surface area (Å²) in [6, 6.07) is 21.1. The standard InChI is InChI=1S/C24H25NO5/c1-27-21-15-18(16-22(28-2)23(21)29-3)24(26)25-13-14-30-20-12-8-7-11-19(20)17-9-5-4-6-10-17/h4-12,15-16H,13-14H2,1-3H3,(H,25,26). The molecule has 0 aromatic heterocycles. The van der Waals surface area contributed by atoms with Crippen molar-refractivity contribution in [3.8, 4) is 34.1 Å². The number of benzene rings is 3. The normalized spacial score (nSPS) is 10.2. The molecular formula is C24H25NO5. The smallest absolute Gasteiger partial charge is 0.251 e. The lowest BCUT2D eigenvalue weighted by atomic mass is 10.1. The summed E-state index contributed by atoms with van der Waals surface area (Å²) in [4.78, 5) is 12.6. The monoisotopic (exact) mass is 407 g/mol. The summed E-state index contributed by atoms with van der Waals surface area (Å²) < 4.78 is 21.8. The van der Waals surface area contributed by atoms with Crippen molar-refractivity contribution in [3.05, 3.63) is 72.3 Å². The molecule has 0 aliphatic heterocycles. The van der Waals surface area contributed by atoms with Crippen LogP contribution in [0.3, 0.4) is 0 Å². The molecule has 6 nitrogen and oxygen atoms in total. The molecule has 0 saturated heterocycles. The van der Waals surface area contributed by atoms with Crippen LogP contribution in [-0.2, 0) is 0 Å². The molecule has 6 heteroatoms. The molecule has 0 unspecified atom stereocenters. The first kappa shape index (κ1) is 21.0. The van der Waals surface area contributed by atoms with E-state index >= 15 is 0 Å². The molecule has 3 aromatic rings. The van der Waals surface area contributed by atoms with Gasteiger partial charge in [0, 0.05) is 11.1 Å². The van der Waals surface area contributed by atoms with Gasteiger partial charge in [-0.3, -0.25) is 4.79 Å². The Labute approximate surface area is 176 Å². The lowest BCUT2D eigenvalue weighted by molar-refractivity contribution is 0.0946. The van der Waals surface area contributed by atoms with E-state index in [0.717, 1.165) is 16.9 Å². The van der Waals surface area contributed by atoms with Gasteiger partial charge in [-0.05, 0) is 23.8 Å². The van der Waals surface area contributed by atoms with Gasteiger partial charge in [0.1, 0.15) is 12.4 Å². The minimum Gasteiger partial charge on any atom is -0.493 e. The maximum atomic E-state index is 12.6. The van der Waals surface area contributed by atoms with Crippen molar-refractivity contribution >= 4 is 5.91 Å². The van der Waals surface area contributed by atoms with Crippen LogP contribution in [-0.4, -0.2) is 40.4 Å². The lowest BCUT2D eigenvalue weighted by Crippen LogP contribution is -2.28. The quantitative estimate of drug-likeness (QED) is 0.539. The first-order valence-electron chi connectivity index (χ1n) is 9.53. The van der Waals surface area contributed by atoms with E-state index in [4.69, 9.17) is 18.9 Å². The summed E-state index contributed by atoms with van der Waals surface area (Å²) in [6.07, 6.45) is 0. The van der Waals surface area contributed by atoms with Crippen molar-refractivity contribution in [1.29, 1.82) is 0 Å². The van der Waals surface area contributed by atoms with Crippen LogP contribution in [0.2, 0.25) is 0 Å². The molecule has 0 heterocycles. The molecule has 0 aliphatic rings. The summed E-state index contributed by atoms with van der Waals surface area (Å²) in [6.45, 7) is 0.679. The van der Waals surface area contributed by atoms with Crippen molar-refractivity contribution in [2.45, 2.75) is 0 Å². The fourth-order valence-electron chi connectivity index (χ4n) is 3.09. The third-order valence-electron chi connectivity index (χ3n) is 4.54. The highest BCUT2D eigenvalue weighted by Crippen LogP contribution is 2.38. The molecule has 0 spiro atoms. The second kappa shape index (κ2) is 10.2. The molecule has 1 amide bonds. The van der Waals surface area contributed by atoms with Crippen LogP contribution >= 0.6 is 0 Å². The van der Waals surface area contributed by atoms with Gasteiger partial charge >= 0.3 is 0 Å². The molecule has 1 N–H and O–H groups in total. The van der Waals surface area contributed by atoms with Gasteiger partial charge in [0.2, 0.25) is 5.75 Å². The SMILES string of the molecule is COc1cc(C(=O)NCCOc2ccccc2-c2ccccc2)cc(OC)c1OC. The van der Waals surface area contributed by atoms with Crippen LogP contribution < -0.4 is 24.3 Å². The number of amides is 1. The zero-order valence-corrected chi connectivity index (χ0v) is 17.3. The number of hydrogen-bond acceptors (Lipinski definition) is 5. The molecule has 0 fully saturated rings. The molecule has 0 bridgehead atoms. The van der Waals surface area contributed by atoms with Gasteiger partial charge in [-0.25, -0.2) is 0 Å². The molecule has 3 rings (SSSR count). The van der Waals surface area contributed by atoms with Gasteiger partial charge in [0.15, 0.2) is 11.5 Å². The number of methoxy groups -OCH3 is 3. The molecule has 3 aromatic carbocycles. The van der Waals surface area contributed by atoms with E-state index < -0.39 is 0 Å². The first-order chi connectivity index (χ1) is 14.7. The Bertz CT molecular complexity index is 963. The van der Waals surface area contributed by atoms with E-state index in [1.165, 1.54) is 21.3 Å². The average Bonchev–Trinajstić information content (AvgIpc) is 2.81. The van der Waals surface area contributed by atoms with Gasteiger partial charge in [0.05, 0.1) is 27.9 Å². The van der Waals surface area contributed by atoms with Crippen LogP contribution in [0.4, 0.5) is 0 Å². The first-order valence-corrected chi connectivity index (χ1v) is 9.53. The molecule has 0 saturated carbocycles. The Balaban J connectivity index is 1.63. The number of ether oxygens (including phenoxy) is 4. The average molecular weight is 407 g/mol. The number of carbonyl (C=O) groups excluding carboxylic acids is 1. The van der Waals surface area contributed by atoms with E-state index in [1.54, 1.807) is 12.1 Å². The fraction of sp³-hybridized carbons (Fsp3) is 0.208. The predicted molar refractivity (Wildman–Crippen MR) is 116 cm³/mol. The zero-order valence-electron chi connectivity index (χ0n) is 17.3. The molecule has 0 aliphatic carbocycles. The van der Waals surface area contributed by atoms with Crippen molar-refractivity contribution in [1.82, 2.24) is 5.32 Å². The Morgan fingerprint density at radius 2 is 1.43 bits per heavy atom. The van der Waals surface area contributed by atoms with E-state index in [-0.39, 0.29) is 5.91 Å². The minimum atomic E-state index is -0.255. The minimum absolute atomic E-state index is 0.255. The van der Waals surface area contributed by atoms with E-state index in [1.807, 2.05) is 54.6 Å². The number of rotatable bonds is 9. The second-order valence-electron chi connectivity index (χ2n) is 6.38. The molecule has 156 valence electrons. The molecule has 0 atom stereocenters. The predicted octanol–water partition coefficient (Wildman–Crippen LogP) is 4.19. The lowest BCUT2D eigenvalue weighted by Gasteiger charge is -2.14. The molecule has 30 heavy (non-hydrogen) atoms. The number of para-hydroxylation sites is 1. The van der Waals surface area contributed by atoms with Crippen molar-refractivity contribution in [2.75, 3.05) is 34.5 Å². The summed E-state index contributed by atoms with van der Waals surface area (Å²) in [5, 5.41) is 2.85. The molecular weight excluding hydrogens is 382 g/mol. The summed E-state index contributed by atoms with van der Waals surface area (Å²) in [5.41, 5.74) is 2.50. The number of hydrogen-bond donors (Lipinski definition) is 1. The topological polar surface area (TPSA) is 66.0 Å². The van der Waals surface area contributed by atoms with Gasteiger partial charge in [-0.1, -0.05) is 48.5 Å². The van der Waals surface area contributed by atoms with E-state index in [9.17, 15) is 4.79 Å². The Morgan fingerprint density at radius 1 is 0.800 bits per heavy atom. The third-order valence-corrected chi connectivity index (χ3v) is 4.54. The zero-order chi connectivity index (χ0) is 21.3. The maximum absolute atomic E-state index is 12.6. The van der Waals surface area contributed by atoms with Gasteiger partial charge in [-0.15, -0.1) is 0 Å². The molecule has 0 radical (unpaired) electrons. The highest BCUT2D eigenvalue weighted by molar-refractivity contribution is 5.95. The third kappa shape index (κ3) is 4.84. The highest BCUT2D eigenvalue weighted by Gasteiger charge is 2.16. The summed E-state index contributed by atoms with van der Waals surface area (Å²) in [5.74, 6) is 1.81. The Morgan fingerprint density at radius 3 is 2.07 bits per heavy atom.